The van der Waals surface area contributed by atoms with E-state index in [1.165, 1.54) is 31.4 Å². The first-order valence-electron chi connectivity index (χ1n) is 6.85. The standard InChI is InChI=1S/C15H18FN3O/c1-19-15(17)13(8-18-19)12-7-11(16)5-6-14(12)20-9-10-3-2-4-10/h5-8,10H,2-4,9,17H2,1H3. The molecule has 0 spiro atoms. The van der Waals surface area contributed by atoms with Crippen LogP contribution in [0.5, 0.6) is 5.75 Å². The number of rotatable bonds is 4. The van der Waals surface area contributed by atoms with E-state index in [1.807, 2.05) is 0 Å². The van der Waals surface area contributed by atoms with Gasteiger partial charge in [-0.1, -0.05) is 6.42 Å². The van der Waals surface area contributed by atoms with Gasteiger partial charge in [-0.05, 0) is 37.0 Å². The van der Waals surface area contributed by atoms with E-state index >= 15 is 0 Å². The minimum Gasteiger partial charge on any atom is -0.493 e. The minimum absolute atomic E-state index is 0.306. The van der Waals surface area contributed by atoms with Gasteiger partial charge in [0.1, 0.15) is 17.4 Å². The lowest BCUT2D eigenvalue weighted by Crippen LogP contribution is -2.19. The number of aromatic nitrogens is 2. The van der Waals surface area contributed by atoms with Crippen molar-refractivity contribution in [1.82, 2.24) is 9.78 Å². The Balaban J connectivity index is 1.91. The Labute approximate surface area is 117 Å². The number of nitrogen functional groups attached to an aromatic ring is 1. The molecule has 1 aliphatic carbocycles. The summed E-state index contributed by atoms with van der Waals surface area (Å²) in [6.45, 7) is 0.679. The monoisotopic (exact) mass is 275 g/mol. The Kier molecular flexibility index (Phi) is 3.34. The molecule has 1 aliphatic rings. The smallest absolute Gasteiger partial charge is 0.129 e. The Morgan fingerprint density at radius 1 is 1.40 bits per heavy atom. The van der Waals surface area contributed by atoms with Crippen molar-refractivity contribution in [2.45, 2.75) is 19.3 Å². The number of ether oxygens (including phenoxy) is 1. The Bertz CT molecular complexity index is 620. The van der Waals surface area contributed by atoms with E-state index < -0.39 is 0 Å². The molecule has 0 saturated heterocycles. The molecule has 106 valence electrons. The first kappa shape index (κ1) is 13.0. The molecule has 3 rings (SSSR count). The van der Waals surface area contributed by atoms with Gasteiger partial charge in [0.15, 0.2) is 0 Å². The number of hydrogen-bond acceptors (Lipinski definition) is 3. The van der Waals surface area contributed by atoms with Crippen molar-refractivity contribution in [3.8, 4) is 16.9 Å². The maximum atomic E-state index is 13.5. The number of aryl methyl sites for hydroxylation is 1. The normalized spacial score (nSPS) is 15.1. The highest BCUT2D eigenvalue weighted by Gasteiger charge is 2.20. The number of nitrogens with two attached hydrogens (primary N) is 1. The van der Waals surface area contributed by atoms with Gasteiger partial charge in [-0.2, -0.15) is 5.10 Å². The number of nitrogens with zero attached hydrogens (tertiary/aromatic N) is 2. The van der Waals surface area contributed by atoms with Crippen molar-refractivity contribution in [2.24, 2.45) is 13.0 Å². The molecule has 5 heteroatoms. The summed E-state index contributed by atoms with van der Waals surface area (Å²) in [5.74, 6) is 1.49. The van der Waals surface area contributed by atoms with Gasteiger partial charge < -0.3 is 10.5 Å². The molecular weight excluding hydrogens is 257 g/mol. The van der Waals surface area contributed by atoms with Crippen LogP contribution in [0.3, 0.4) is 0 Å². The third-order valence-corrected chi connectivity index (χ3v) is 3.92. The Morgan fingerprint density at radius 2 is 2.20 bits per heavy atom. The van der Waals surface area contributed by atoms with Crippen LogP contribution in [0.15, 0.2) is 24.4 Å². The van der Waals surface area contributed by atoms with E-state index in [0.29, 0.717) is 35.2 Å². The quantitative estimate of drug-likeness (QED) is 0.933. The zero-order valence-corrected chi connectivity index (χ0v) is 11.5. The van der Waals surface area contributed by atoms with Crippen LogP contribution in [0, 0.1) is 11.7 Å². The summed E-state index contributed by atoms with van der Waals surface area (Å²) in [6, 6.07) is 4.52. The van der Waals surface area contributed by atoms with Gasteiger partial charge in [0, 0.05) is 18.2 Å². The van der Waals surface area contributed by atoms with E-state index in [-0.39, 0.29) is 5.82 Å². The highest BCUT2D eigenvalue weighted by atomic mass is 19.1. The summed E-state index contributed by atoms with van der Waals surface area (Å²) >= 11 is 0. The largest absolute Gasteiger partial charge is 0.493 e. The minimum atomic E-state index is -0.306. The summed E-state index contributed by atoms with van der Waals surface area (Å²) in [5, 5.41) is 4.10. The lowest BCUT2D eigenvalue weighted by Gasteiger charge is -2.25. The summed E-state index contributed by atoms with van der Waals surface area (Å²) < 4.78 is 20.9. The van der Waals surface area contributed by atoms with E-state index in [9.17, 15) is 4.39 Å². The molecule has 0 bridgehead atoms. The fourth-order valence-corrected chi connectivity index (χ4v) is 2.36. The van der Waals surface area contributed by atoms with Crippen molar-refractivity contribution in [1.29, 1.82) is 0 Å². The van der Waals surface area contributed by atoms with Crippen molar-refractivity contribution in [3.05, 3.63) is 30.2 Å². The molecule has 0 atom stereocenters. The molecule has 0 amide bonds. The highest BCUT2D eigenvalue weighted by Crippen LogP contribution is 2.35. The molecule has 4 nitrogen and oxygen atoms in total. The fraction of sp³-hybridized carbons (Fsp3) is 0.400. The zero-order valence-electron chi connectivity index (χ0n) is 11.5. The average Bonchev–Trinajstić information content (AvgIpc) is 2.70. The van der Waals surface area contributed by atoms with Crippen LogP contribution in [0.2, 0.25) is 0 Å². The van der Waals surface area contributed by atoms with Gasteiger partial charge in [0.05, 0.1) is 12.8 Å². The summed E-state index contributed by atoms with van der Waals surface area (Å²) in [6.07, 6.45) is 5.34. The van der Waals surface area contributed by atoms with Crippen LogP contribution in [0.4, 0.5) is 10.2 Å². The second-order valence-corrected chi connectivity index (χ2v) is 5.32. The molecule has 0 radical (unpaired) electrons. The number of hydrogen-bond donors (Lipinski definition) is 1. The van der Waals surface area contributed by atoms with Gasteiger partial charge in [-0.25, -0.2) is 4.39 Å². The highest BCUT2D eigenvalue weighted by molar-refractivity contribution is 5.78. The van der Waals surface area contributed by atoms with E-state index in [2.05, 4.69) is 5.10 Å². The predicted octanol–water partition coefficient (Wildman–Crippen LogP) is 2.99. The SMILES string of the molecule is Cn1ncc(-c2cc(F)ccc2OCC2CCC2)c1N. The maximum Gasteiger partial charge on any atom is 0.129 e. The van der Waals surface area contributed by atoms with Crippen LogP contribution in [-0.2, 0) is 7.05 Å². The predicted molar refractivity (Wildman–Crippen MR) is 75.9 cm³/mol. The molecule has 1 heterocycles. The van der Waals surface area contributed by atoms with Gasteiger partial charge in [0.2, 0.25) is 0 Å². The number of benzene rings is 1. The first-order chi connectivity index (χ1) is 9.65. The fourth-order valence-electron chi connectivity index (χ4n) is 2.36. The van der Waals surface area contributed by atoms with Crippen LogP contribution >= 0.6 is 0 Å². The third-order valence-electron chi connectivity index (χ3n) is 3.92. The molecule has 1 fully saturated rings. The Hall–Kier alpha value is -2.04. The lowest BCUT2D eigenvalue weighted by atomic mass is 9.86. The number of anilines is 1. The van der Waals surface area contributed by atoms with E-state index in [4.69, 9.17) is 10.5 Å². The van der Waals surface area contributed by atoms with Gasteiger partial charge in [-0.3, -0.25) is 4.68 Å². The molecule has 1 saturated carbocycles. The maximum absolute atomic E-state index is 13.5. The average molecular weight is 275 g/mol. The van der Waals surface area contributed by atoms with E-state index in [0.717, 1.165) is 0 Å². The molecular formula is C15H18FN3O. The zero-order chi connectivity index (χ0) is 14.1. The van der Waals surface area contributed by atoms with Crippen LogP contribution in [0.1, 0.15) is 19.3 Å². The van der Waals surface area contributed by atoms with Crippen LogP contribution in [-0.4, -0.2) is 16.4 Å². The summed E-state index contributed by atoms with van der Waals surface area (Å²) in [4.78, 5) is 0. The van der Waals surface area contributed by atoms with Crippen molar-refractivity contribution in [2.75, 3.05) is 12.3 Å². The lowest BCUT2D eigenvalue weighted by molar-refractivity contribution is 0.181. The van der Waals surface area contributed by atoms with Gasteiger partial charge in [0.25, 0.3) is 0 Å². The van der Waals surface area contributed by atoms with Crippen LogP contribution in [0.25, 0.3) is 11.1 Å². The number of halogens is 1. The molecule has 2 N–H and O–H groups in total. The molecule has 20 heavy (non-hydrogen) atoms. The molecule has 2 aromatic rings. The van der Waals surface area contributed by atoms with Crippen LogP contribution < -0.4 is 10.5 Å². The topological polar surface area (TPSA) is 53.1 Å². The van der Waals surface area contributed by atoms with Crippen molar-refractivity contribution in [3.63, 3.8) is 0 Å². The third kappa shape index (κ3) is 2.35. The molecule has 0 aliphatic heterocycles. The Morgan fingerprint density at radius 3 is 2.80 bits per heavy atom. The van der Waals surface area contributed by atoms with Crippen molar-refractivity contribution >= 4 is 5.82 Å². The second-order valence-electron chi connectivity index (χ2n) is 5.32. The summed E-state index contributed by atoms with van der Waals surface area (Å²) in [5.41, 5.74) is 7.34. The van der Waals surface area contributed by atoms with Gasteiger partial charge in [-0.15, -0.1) is 0 Å². The van der Waals surface area contributed by atoms with Gasteiger partial charge >= 0.3 is 0 Å². The first-order valence-corrected chi connectivity index (χ1v) is 6.85. The summed E-state index contributed by atoms with van der Waals surface area (Å²) in [7, 11) is 1.76. The molecule has 0 unspecified atom stereocenters. The van der Waals surface area contributed by atoms with Crippen molar-refractivity contribution < 1.29 is 9.13 Å². The molecule has 1 aromatic carbocycles. The second kappa shape index (κ2) is 5.15. The molecule has 1 aromatic heterocycles. The van der Waals surface area contributed by atoms with E-state index in [1.54, 1.807) is 24.0 Å².